The molecule has 0 fully saturated rings. The molecule has 3 aromatic rings. The number of nitrogens with zero attached hydrogens (tertiary/aromatic N) is 2. The first kappa shape index (κ1) is 15.1. The van der Waals surface area contributed by atoms with Gasteiger partial charge in [-0.05, 0) is 48.9 Å². The molecule has 0 bridgehead atoms. The zero-order valence-electron chi connectivity index (χ0n) is 13.5. The summed E-state index contributed by atoms with van der Waals surface area (Å²) in [6.07, 6.45) is 0.317. The third-order valence-corrected chi connectivity index (χ3v) is 3.91. The van der Waals surface area contributed by atoms with E-state index in [9.17, 15) is 4.79 Å². The second-order valence-corrected chi connectivity index (χ2v) is 5.49. The summed E-state index contributed by atoms with van der Waals surface area (Å²) >= 11 is 0. The minimum atomic E-state index is -0.0535. The molecule has 0 aliphatic carbocycles. The highest BCUT2D eigenvalue weighted by molar-refractivity contribution is 5.93. The molecule has 0 atom stereocenters. The van der Waals surface area contributed by atoms with Crippen molar-refractivity contribution < 1.29 is 9.53 Å². The van der Waals surface area contributed by atoms with E-state index in [1.807, 2.05) is 61.0 Å². The van der Waals surface area contributed by atoms with Crippen LogP contribution in [0.2, 0.25) is 0 Å². The van der Waals surface area contributed by atoms with Crippen molar-refractivity contribution in [2.45, 2.75) is 13.3 Å². The lowest BCUT2D eigenvalue weighted by Gasteiger charge is -2.06. The number of imidazole rings is 1. The Balaban J connectivity index is 1.71. The van der Waals surface area contributed by atoms with E-state index in [1.54, 1.807) is 7.11 Å². The van der Waals surface area contributed by atoms with Crippen LogP contribution in [0.15, 0.2) is 42.5 Å². The van der Waals surface area contributed by atoms with Gasteiger partial charge in [0.2, 0.25) is 5.91 Å². The molecule has 3 rings (SSSR count). The maximum Gasteiger partial charge on any atom is 0.228 e. The third-order valence-electron chi connectivity index (χ3n) is 3.91. The van der Waals surface area contributed by atoms with Crippen molar-refractivity contribution in [3.63, 3.8) is 0 Å². The van der Waals surface area contributed by atoms with Crippen molar-refractivity contribution in [2.75, 3.05) is 12.4 Å². The predicted octanol–water partition coefficient (Wildman–Crippen LogP) is 3.07. The maximum absolute atomic E-state index is 12.2. The van der Waals surface area contributed by atoms with Crippen LogP contribution < -0.4 is 10.1 Å². The molecule has 23 heavy (non-hydrogen) atoms. The normalized spacial score (nSPS) is 10.7. The van der Waals surface area contributed by atoms with Crippen LogP contribution in [0.3, 0.4) is 0 Å². The van der Waals surface area contributed by atoms with E-state index in [4.69, 9.17) is 4.74 Å². The SMILES string of the molecule is COc1ccc(NC(=O)Cc2ccc3c(c2)nc(C)n3C)cc1. The van der Waals surface area contributed by atoms with Crippen LogP contribution >= 0.6 is 0 Å². The van der Waals surface area contributed by atoms with Gasteiger partial charge in [-0.2, -0.15) is 0 Å². The molecule has 5 heteroatoms. The number of nitrogens with one attached hydrogen (secondary N) is 1. The Morgan fingerprint density at radius 3 is 2.65 bits per heavy atom. The average Bonchev–Trinajstić information content (AvgIpc) is 2.82. The summed E-state index contributed by atoms with van der Waals surface area (Å²) in [6.45, 7) is 1.97. The Labute approximate surface area is 134 Å². The van der Waals surface area contributed by atoms with E-state index < -0.39 is 0 Å². The summed E-state index contributed by atoms with van der Waals surface area (Å²) in [5, 5.41) is 2.89. The van der Waals surface area contributed by atoms with E-state index in [1.165, 1.54) is 0 Å². The molecule has 0 aliphatic heterocycles. The Morgan fingerprint density at radius 1 is 1.22 bits per heavy atom. The van der Waals surface area contributed by atoms with Gasteiger partial charge in [-0.15, -0.1) is 0 Å². The van der Waals surface area contributed by atoms with Gasteiger partial charge < -0.3 is 14.6 Å². The van der Waals surface area contributed by atoms with Gasteiger partial charge >= 0.3 is 0 Å². The minimum Gasteiger partial charge on any atom is -0.497 e. The monoisotopic (exact) mass is 309 g/mol. The highest BCUT2D eigenvalue weighted by Gasteiger charge is 2.08. The van der Waals surface area contributed by atoms with Gasteiger partial charge in [0.1, 0.15) is 11.6 Å². The molecule has 118 valence electrons. The Kier molecular flexibility index (Phi) is 4.02. The van der Waals surface area contributed by atoms with Crippen LogP contribution in [0, 0.1) is 6.92 Å². The van der Waals surface area contributed by atoms with Gasteiger partial charge in [0.25, 0.3) is 0 Å². The average molecular weight is 309 g/mol. The van der Waals surface area contributed by atoms with Crippen molar-refractivity contribution in [1.82, 2.24) is 9.55 Å². The Hall–Kier alpha value is -2.82. The summed E-state index contributed by atoms with van der Waals surface area (Å²) in [5.74, 6) is 1.67. The maximum atomic E-state index is 12.2. The molecule has 0 radical (unpaired) electrons. The van der Waals surface area contributed by atoms with Gasteiger partial charge in [-0.3, -0.25) is 4.79 Å². The van der Waals surface area contributed by atoms with E-state index in [0.717, 1.165) is 33.9 Å². The molecular formula is C18H19N3O2. The minimum absolute atomic E-state index is 0.0535. The number of methoxy groups -OCH3 is 1. The number of benzene rings is 2. The number of hydrogen-bond donors (Lipinski definition) is 1. The van der Waals surface area contributed by atoms with Crippen molar-refractivity contribution in [3.8, 4) is 5.75 Å². The van der Waals surface area contributed by atoms with Gasteiger partial charge in [-0.1, -0.05) is 6.07 Å². The molecule has 2 aromatic carbocycles. The van der Waals surface area contributed by atoms with Crippen molar-refractivity contribution >= 4 is 22.6 Å². The molecule has 0 aliphatic rings. The molecule has 1 amide bonds. The topological polar surface area (TPSA) is 56.1 Å². The second kappa shape index (κ2) is 6.12. The van der Waals surface area contributed by atoms with E-state index >= 15 is 0 Å². The predicted molar refractivity (Wildman–Crippen MR) is 90.8 cm³/mol. The van der Waals surface area contributed by atoms with E-state index in [-0.39, 0.29) is 5.91 Å². The first-order valence-electron chi connectivity index (χ1n) is 7.42. The summed E-state index contributed by atoms with van der Waals surface area (Å²) < 4.78 is 7.14. The fourth-order valence-corrected chi connectivity index (χ4v) is 2.54. The van der Waals surface area contributed by atoms with Crippen LogP contribution in [0.25, 0.3) is 11.0 Å². The number of aryl methyl sites for hydroxylation is 2. The number of hydrogen-bond acceptors (Lipinski definition) is 3. The molecule has 1 N–H and O–H groups in total. The lowest BCUT2D eigenvalue weighted by Crippen LogP contribution is -2.14. The molecule has 1 heterocycles. The first-order valence-corrected chi connectivity index (χ1v) is 7.42. The molecule has 5 nitrogen and oxygen atoms in total. The fraction of sp³-hybridized carbons (Fsp3) is 0.222. The number of carbonyl (C=O) groups excluding carboxylic acids is 1. The number of ether oxygens (including phenoxy) is 1. The van der Waals surface area contributed by atoms with Gasteiger partial charge in [-0.25, -0.2) is 4.98 Å². The van der Waals surface area contributed by atoms with Crippen molar-refractivity contribution in [1.29, 1.82) is 0 Å². The number of aromatic nitrogens is 2. The van der Waals surface area contributed by atoms with Crippen LogP contribution in [0.4, 0.5) is 5.69 Å². The highest BCUT2D eigenvalue weighted by atomic mass is 16.5. The van der Waals surface area contributed by atoms with Crippen LogP contribution in [-0.4, -0.2) is 22.6 Å². The number of amides is 1. The van der Waals surface area contributed by atoms with Crippen molar-refractivity contribution in [2.24, 2.45) is 7.05 Å². The number of anilines is 1. The molecule has 1 aromatic heterocycles. The van der Waals surface area contributed by atoms with Crippen LogP contribution in [0.5, 0.6) is 5.75 Å². The van der Waals surface area contributed by atoms with Crippen molar-refractivity contribution in [3.05, 3.63) is 53.9 Å². The summed E-state index contributed by atoms with van der Waals surface area (Å²) in [5.41, 5.74) is 3.69. The summed E-state index contributed by atoms with van der Waals surface area (Å²) in [6, 6.07) is 13.2. The number of carbonyl (C=O) groups is 1. The van der Waals surface area contributed by atoms with Gasteiger partial charge in [0, 0.05) is 12.7 Å². The highest BCUT2D eigenvalue weighted by Crippen LogP contribution is 2.18. The fourth-order valence-electron chi connectivity index (χ4n) is 2.54. The first-order chi connectivity index (χ1) is 11.1. The quantitative estimate of drug-likeness (QED) is 0.806. The Bertz CT molecular complexity index is 851. The number of fused-ring (bicyclic) bond motifs is 1. The van der Waals surface area contributed by atoms with E-state index in [2.05, 4.69) is 10.3 Å². The smallest absolute Gasteiger partial charge is 0.228 e. The Morgan fingerprint density at radius 2 is 1.96 bits per heavy atom. The molecule has 0 spiro atoms. The molecule has 0 saturated heterocycles. The molecule has 0 saturated carbocycles. The molecule has 0 unspecified atom stereocenters. The summed E-state index contributed by atoms with van der Waals surface area (Å²) in [7, 11) is 3.60. The van der Waals surface area contributed by atoms with Crippen LogP contribution in [0.1, 0.15) is 11.4 Å². The zero-order chi connectivity index (χ0) is 16.4. The molecular weight excluding hydrogens is 290 g/mol. The summed E-state index contributed by atoms with van der Waals surface area (Å²) in [4.78, 5) is 16.7. The largest absolute Gasteiger partial charge is 0.497 e. The number of rotatable bonds is 4. The zero-order valence-corrected chi connectivity index (χ0v) is 13.5. The van der Waals surface area contributed by atoms with Gasteiger partial charge in [0.05, 0.1) is 24.6 Å². The van der Waals surface area contributed by atoms with Crippen LogP contribution in [-0.2, 0) is 18.3 Å². The lowest BCUT2D eigenvalue weighted by molar-refractivity contribution is -0.115. The standard InChI is InChI=1S/C18H19N3O2/c1-12-19-16-10-13(4-9-17(16)21(12)2)11-18(22)20-14-5-7-15(23-3)8-6-14/h4-10H,11H2,1-3H3,(H,20,22). The second-order valence-electron chi connectivity index (χ2n) is 5.49. The van der Waals surface area contributed by atoms with E-state index in [0.29, 0.717) is 6.42 Å². The van der Waals surface area contributed by atoms with Gasteiger partial charge in [0.15, 0.2) is 0 Å². The lowest BCUT2D eigenvalue weighted by atomic mass is 10.1. The third kappa shape index (κ3) is 3.18.